The van der Waals surface area contributed by atoms with Gasteiger partial charge in [-0.1, -0.05) is 35.3 Å². The van der Waals surface area contributed by atoms with Crippen LogP contribution in [0.5, 0.6) is 0 Å². The van der Waals surface area contributed by atoms with Crippen molar-refractivity contribution in [1.82, 2.24) is 24.7 Å². The van der Waals surface area contributed by atoms with Crippen LogP contribution in [0.15, 0.2) is 53.7 Å². The molecule has 1 aromatic carbocycles. The van der Waals surface area contributed by atoms with Gasteiger partial charge in [0.2, 0.25) is 5.95 Å². The summed E-state index contributed by atoms with van der Waals surface area (Å²) in [7, 11) is 1.62. The number of halogens is 3. The van der Waals surface area contributed by atoms with E-state index in [-0.39, 0.29) is 24.1 Å². The SMILES string of the molecule is COCC(OCCn1ncc2nc(NCc3ccc(Cl)c(Cl)c3)[nH]c(=O)c21)c1cccnc1.Cl. The number of nitrogens with one attached hydrogen (secondary N) is 2. The number of pyridine rings is 1. The lowest BCUT2D eigenvalue weighted by molar-refractivity contribution is -0.00721. The van der Waals surface area contributed by atoms with Gasteiger partial charge in [0.05, 0.1) is 36.0 Å². The van der Waals surface area contributed by atoms with E-state index in [0.29, 0.717) is 53.3 Å². The number of ether oxygens (including phenoxy) is 2. The number of methoxy groups -OCH3 is 1. The van der Waals surface area contributed by atoms with Crippen LogP contribution in [0.3, 0.4) is 0 Å². The summed E-state index contributed by atoms with van der Waals surface area (Å²) in [4.78, 5) is 24.0. The predicted molar refractivity (Wildman–Crippen MR) is 134 cm³/mol. The zero-order chi connectivity index (χ0) is 23.2. The van der Waals surface area contributed by atoms with Crippen LogP contribution in [0.4, 0.5) is 5.95 Å². The number of H-pyrrole nitrogens is 1. The second kappa shape index (κ2) is 12.1. The Kier molecular flexibility index (Phi) is 9.26. The molecular weight excluding hydrogens is 503 g/mol. The number of fused-ring (bicyclic) bond motifs is 1. The highest BCUT2D eigenvalue weighted by molar-refractivity contribution is 6.42. The summed E-state index contributed by atoms with van der Waals surface area (Å²) in [6.45, 7) is 1.52. The van der Waals surface area contributed by atoms with Crippen molar-refractivity contribution in [2.45, 2.75) is 19.2 Å². The minimum atomic E-state index is -0.296. The Bertz CT molecular complexity index is 1280. The van der Waals surface area contributed by atoms with Gasteiger partial charge in [0, 0.05) is 31.6 Å². The number of hydrogen-bond acceptors (Lipinski definition) is 7. The molecule has 0 aliphatic carbocycles. The van der Waals surface area contributed by atoms with Gasteiger partial charge >= 0.3 is 0 Å². The number of aromatic nitrogens is 5. The summed E-state index contributed by atoms with van der Waals surface area (Å²) in [6, 6.07) is 9.10. The predicted octanol–water partition coefficient (Wildman–Crippen LogP) is 4.26. The van der Waals surface area contributed by atoms with E-state index in [4.69, 9.17) is 32.7 Å². The molecule has 4 aromatic rings. The maximum absolute atomic E-state index is 12.7. The molecule has 4 rings (SSSR count). The van der Waals surface area contributed by atoms with Gasteiger partial charge in [-0.2, -0.15) is 5.10 Å². The quantitative estimate of drug-likeness (QED) is 0.318. The third-order valence-electron chi connectivity index (χ3n) is 4.94. The maximum atomic E-state index is 12.7. The number of hydrogen-bond donors (Lipinski definition) is 2. The fraction of sp³-hybridized carbons (Fsp3) is 0.273. The van der Waals surface area contributed by atoms with Crippen molar-refractivity contribution in [2.75, 3.05) is 25.6 Å². The third-order valence-corrected chi connectivity index (χ3v) is 5.68. The summed E-state index contributed by atoms with van der Waals surface area (Å²) in [5, 5.41) is 8.34. The molecule has 3 heterocycles. The average molecular weight is 526 g/mol. The Hall–Kier alpha value is -2.69. The van der Waals surface area contributed by atoms with Gasteiger partial charge in [0.25, 0.3) is 5.56 Å². The molecule has 0 bridgehead atoms. The molecule has 0 spiro atoms. The standard InChI is InChI=1S/C22H22Cl2N6O3.ClH/c1-32-13-19(15-3-2-6-25-11-15)33-8-7-30-20-18(12-27-30)28-22(29-21(20)31)26-10-14-4-5-16(23)17(24)9-14;/h2-6,9,11-12,19H,7-8,10,13H2,1H3,(H2,26,28,29,31);1H. The second-order valence-corrected chi connectivity index (χ2v) is 8.03. The lowest BCUT2D eigenvalue weighted by Gasteiger charge is -2.17. The van der Waals surface area contributed by atoms with Crippen molar-refractivity contribution in [1.29, 1.82) is 0 Å². The molecule has 0 radical (unpaired) electrons. The smallest absolute Gasteiger partial charge is 0.278 e. The van der Waals surface area contributed by atoms with Crippen LogP contribution in [0, 0.1) is 0 Å². The van der Waals surface area contributed by atoms with Crippen LogP contribution < -0.4 is 10.9 Å². The zero-order valence-corrected chi connectivity index (χ0v) is 20.5. The van der Waals surface area contributed by atoms with Gasteiger partial charge in [-0.05, 0) is 23.8 Å². The van der Waals surface area contributed by atoms with E-state index in [2.05, 4.69) is 25.4 Å². The molecule has 34 heavy (non-hydrogen) atoms. The fourth-order valence-electron chi connectivity index (χ4n) is 3.33. The van der Waals surface area contributed by atoms with Crippen molar-refractivity contribution in [3.63, 3.8) is 0 Å². The van der Waals surface area contributed by atoms with E-state index in [1.807, 2.05) is 18.2 Å². The number of rotatable bonds is 10. The van der Waals surface area contributed by atoms with Gasteiger partial charge in [0.1, 0.15) is 11.6 Å². The van der Waals surface area contributed by atoms with Crippen molar-refractivity contribution in [2.24, 2.45) is 0 Å². The summed E-state index contributed by atoms with van der Waals surface area (Å²) in [5.41, 5.74) is 2.38. The molecular formula is C22H23Cl3N6O3. The molecule has 1 unspecified atom stereocenters. The number of nitrogens with zero attached hydrogens (tertiary/aromatic N) is 4. The van der Waals surface area contributed by atoms with Crippen LogP contribution in [0.25, 0.3) is 11.0 Å². The summed E-state index contributed by atoms with van der Waals surface area (Å²) in [5.74, 6) is 0.339. The van der Waals surface area contributed by atoms with E-state index in [9.17, 15) is 4.79 Å². The van der Waals surface area contributed by atoms with Gasteiger partial charge in [-0.25, -0.2) is 4.98 Å². The molecule has 2 N–H and O–H groups in total. The summed E-state index contributed by atoms with van der Waals surface area (Å²) in [6.07, 6.45) is 4.74. The molecule has 0 aliphatic heterocycles. The van der Waals surface area contributed by atoms with E-state index in [1.165, 1.54) is 0 Å². The van der Waals surface area contributed by atoms with Crippen molar-refractivity contribution < 1.29 is 9.47 Å². The average Bonchev–Trinajstić information content (AvgIpc) is 3.23. The van der Waals surface area contributed by atoms with Crippen LogP contribution in [-0.2, 0) is 22.6 Å². The molecule has 1 atom stereocenters. The van der Waals surface area contributed by atoms with Crippen molar-refractivity contribution in [3.05, 3.63) is 80.4 Å². The maximum Gasteiger partial charge on any atom is 0.278 e. The lowest BCUT2D eigenvalue weighted by atomic mass is 10.2. The van der Waals surface area contributed by atoms with Crippen LogP contribution in [0.1, 0.15) is 17.2 Å². The van der Waals surface area contributed by atoms with Crippen LogP contribution >= 0.6 is 35.6 Å². The van der Waals surface area contributed by atoms with Crippen LogP contribution in [0.2, 0.25) is 10.0 Å². The van der Waals surface area contributed by atoms with Crippen molar-refractivity contribution in [3.8, 4) is 0 Å². The molecule has 0 saturated carbocycles. The first kappa shape index (κ1) is 25.9. The molecule has 12 heteroatoms. The second-order valence-electron chi connectivity index (χ2n) is 7.22. The Balaban J connectivity index is 0.00000324. The molecule has 0 aliphatic rings. The third kappa shape index (κ3) is 6.25. The number of anilines is 1. The van der Waals surface area contributed by atoms with E-state index < -0.39 is 0 Å². The lowest BCUT2D eigenvalue weighted by Crippen LogP contribution is -2.19. The Labute approximate surface area is 211 Å². The van der Waals surface area contributed by atoms with E-state index in [0.717, 1.165) is 11.1 Å². The molecule has 0 fully saturated rings. The highest BCUT2D eigenvalue weighted by Gasteiger charge is 2.14. The monoisotopic (exact) mass is 524 g/mol. The van der Waals surface area contributed by atoms with Crippen LogP contribution in [-0.4, -0.2) is 45.1 Å². The molecule has 3 aromatic heterocycles. The summed E-state index contributed by atoms with van der Waals surface area (Å²) >= 11 is 12.0. The summed E-state index contributed by atoms with van der Waals surface area (Å²) < 4.78 is 12.8. The first-order chi connectivity index (χ1) is 16.0. The first-order valence-electron chi connectivity index (χ1n) is 10.2. The molecule has 180 valence electrons. The normalized spacial score (nSPS) is 11.9. The minimum absolute atomic E-state index is 0. The van der Waals surface area contributed by atoms with Gasteiger partial charge in [0.15, 0.2) is 5.52 Å². The first-order valence-corrected chi connectivity index (χ1v) is 10.9. The minimum Gasteiger partial charge on any atom is -0.382 e. The van der Waals surface area contributed by atoms with E-state index in [1.54, 1.807) is 42.5 Å². The number of aromatic amines is 1. The van der Waals surface area contributed by atoms with E-state index >= 15 is 0 Å². The highest BCUT2D eigenvalue weighted by atomic mass is 35.5. The molecule has 9 nitrogen and oxygen atoms in total. The topological polar surface area (TPSA) is 107 Å². The van der Waals surface area contributed by atoms with Gasteiger partial charge in [-0.3, -0.25) is 19.4 Å². The number of benzene rings is 1. The Morgan fingerprint density at radius 3 is 2.79 bits per heavy atom. The largest absolute Gasteiger partial charge is 0.382 e. The van der Waals surface area contributed by atoms with Crippen molar-refractivity contribution >= 4 is 52.6 Å². The highest BCUT2D eigenvalue weighted by Crippen LogP contribution is 2.23. The Morgan fingerprint density at radius 1 is 1.21 bits per heavy atom. The fourth-order valence-corrected chi connectivity index (χ4v) is 3.66. The van der Waals surface area contributed by atoms with Gasteiger partial charge in [-0.15, -0.1) is 12.4 Å². The molecule has 0 amide bonds. The Morgan fingerprint density at radius 2 is 2.06 bits per heavy atom. The zero-order valence-electron chi connectivity index (χ0n) is 18.2. The van der Waals surface area contributed by atoms with Gasteiger partial charge < -0.3 is 14.8 Å². The molecule has 0 saturated heterocycles.